The predicted octanol–water partition coefficient (Wildman–Crippen LogP) is 3.14. The van der Waals surface area contributed by atoms with Crippen molar-refractivity contribution in [2.45, 2.75) is 70.3 Å². The zero-order valence-corrected chi connectivity index (χ0v) is 14.6. The van der Waals surface area contributed by atoms with Crippen LogP contribution in [0.3, 0.4) is 0 Å². The topological polar surface area (TPSA) is 68.0 Å². The summed E-state index contributed by atoms with van der Waals surface area (Å²) >= 11 is 0. The van der Waals surface area contributed by atoms with Crippen molar-refractivity contribution in [3.8, 4) is 0 Å². The molecule has 0 aliphatic heterocycles. The van der Waals surface area contributed by atoms with Crippen LogP contribution in [0, 0.1) is 0 Å². The number of rotatable bonds is 5. The van der Waals surface area contributed by atoms with Crippen LogP contribution in [0.1, 0.15) is 66.9 Å². The van der Waals surface area contributed by atoms with E-state index in [4.69, 9.17) is 4.52 Å². The Kier molecular flexibility index (Phi) is 4.81. The fourth-order valence-corrected chi connectivity index (χ4v) is 4.00. The summed E-state index contributed by atoms with van der Waals surface area (Å²) in [6.07, 6.45) is 10.3. The summed E-state index contributed by atoms with van der Waals surface area (Å²) in [5, 5.41) is 7.03. The molecule has 1 saturated carbocycles. The lowest BCUT2D eigenvalue weighted by atomic mass is 9.90. The molecule has 1 aromatic heterocycles. The second-order valence-corrected chi connectivity index (χ2v) is 7.32. The molecule has 1 amide bonds. The van der Waals surface area contributed by atoms with E-state index in [0.29, 0.717) is 24.2 Å². The minimum Gasteiger partial charge on any atom is -0.353 e. The van der Waals surface area contributed by atoms with Crippen molar-refractivity contribution < 1.29 is 9.32 Å². The van der Waals surface area contributed by atoms with Crippen molar-refractivity contribution in [1.82, 2.24) is 15.5 Å². The summed E-state index contributed by atoms with van der Waals surface area (Å²) < 4.78 is 5.34. The molecule has 0 atom stereocenters. The largest absolute Gasteiger partial charge is 0.353 e. The Labute approximate surface area is 148 Å². The Morgan fingerprint density at radius 2 is 1.92 bits per heavy atom. The first-order valence-corrected chi connectivity index (χ1v) is 9.48. The Bertz CT molecular complexity index is 747. The molecule has 0 bridgehead atoms. The van der Waals surface area contributed by atoms with Crippen LogP contribution in [0.25, 0.3) is 0 Å². The number of amides is 1. The molecule has 0 unspecified atom stereocenters. The molecule has 0 saturated heterocycles. The maximum Gasteiger partial charge on any atom is 0.231 e. The van der Waals surface area contributed by atoms with Crippen LogP contribution in [-0.2, 0) is 30.5 Å². The maximum absolute atomic E-state index is 12.1. The minimum absolute atomic E-state index is 0.00645. The number of hydrogen-bond acceptors (Lipinski definition) is 4. The monoisotopic (exact) mass is 339 g/mol. The lowest BCUT2D eigenvalue weighted by Gasteiger charge is -2.16. The highest BCUT2D eigenvalue weighted by atomic mass is 16.5. The third-order valence-electron chi connectivity index (χ3n) is 5.32. The van der Waals surface area contributed by atoms with Gasteiger partial charge in [-0.25, -0.2) is 0 Å². The summed E-state index contributed by atoms with van der Waals surface area (Å²) in [5.74, 6) is 1.05. The van der Waals surface area contributed by atoms with Crippen LogP contribution in [-0.4, -0.2) is 22.1 Å². The van der Waals surface area contributed by atoms with Crippen molar-refractivity contribution >= 4 is 5.91 Å². The number of carbonyl (C=O) groups is 1. The average molecular weight is 339 g/mol. The number of aryl methyl sites for hydroxylation is 2. The number of nitrogens with zero attached hydrogens (tertiary/aromatic N) is 2. The van der Waals surface area contributed by atoms with Gasteiger partial charge in [0.05, 0.1) is 12.8 Å². The zero-order chi connectivity index (χ0) is 17.1. The van der Waals surface area contributed by atoms with Gasteiger partial charge in [0.2, 0.25) is 11.8 Å². The van der Waals surface area contributed by atoms with Gasteiger partial charge in [0.1, 0.15) is 0 Å². The second kappa shape index (κ2) is 7.38. The van der Waals surface area contributed by atoms with E-state index < -0.39 is 0 Å². The van der Waals surface area contributed by atoms with Crippen LogP contribution in [0.2, 0.25) is 0 Å². The second-order valence-electron chi connectivity index (χ2n) is 7.32. The standard InChI is InChI=1S/C20H25N3O2/c24-19(21-17-7-3-4-8-17)13-18-22-20(25-23-18)12-14-9-10-15-5-1-2-6-16(15)11-14/h9-11,17H,1-8,12-13H2,(H,21,24). The molecule has 25 heavy (non-hydrogen) atoms. The summed E-state index contributed by atoms with van der Waals surface area (Å²) in [6.45, 7) is 0. The first-order chi connectivity index (χ1) is 12.3. The van der Waals surface area contributed by atoms with Crippen LogP contribution >= 0.6 is 0 Å². The van der Waals surface area contributed by atoms with Gasteiger partial charge < -0.3 is 9.84 Å². The van der Waals surface area contributed by atoms with E-state index in [1.165, 1.54) is 55.2 Å². The van der Waals surface area contributed by atoms with Gasteiger partial charge in [-0.1, -0.05) is 36.2 Å². The van der Waals surface area contributed by atoms with E-state index in [-0.39, 0.29) is 12.3 Å². The molecule has 5 heteroatoms. The van der Waals surface area contributed by atoms with Crippen molar-refractivity contribution in [2.75, 3.05) is 0 Å². The third-order valence-corrected chi connectivity index (χ3v) is 5.32. The lowest BCUT2D eigenvalue weighted by molar-refractivity contribution is -0.121. The fourth-order valence-electron chi connectivity index (χ4n) is 4.00. The van der Waals surface area contributed by atoms with Crippen molar-refractivity contribution in [3.05, 3.63) is 46.6 Å². The van der Waals surface area contributed by atoms with Crippen molar-refractivity contribution in [3.63, 3.8) is 0 Å². The fraction of sp³-hybridized carbons (Fsp3) is 0.550. The smallest absolute Gasteiger partial charge is 0.231 e. The van der Waals surface area contributed by atoms with Crippen molar-refractivity contribution in [2.24, 2.45) is 0 Å². The van der Waals surface area contributed by atoms with Gasteiger partial charge in [-0.05, 0) is 55.2 Å². The summed E-state index contributed by atoms with van der Waals surface area (Å²) in [4.78, 5) is 16.5. The molecule has 4 rings (SSSR count). The molecule has 1 heterocycles. The van der Waals surface area contributed by atoms with E-state index >= 15 is 0 Å². The van der Waals surface area contributed by atoms with Gasteiger partial charge in [0.15, 0.2) is 5.82 Å². The lowest BCUT2D eigenvalue weighted by Crippen LogP contribution is -2.33. The highest BCUT2D eigenvalue weighted by Crippen LogP contribution is 2.23. The predicted molar refractivity (Wildman–Crippen MR) is 94.3 cm³/mol. The molecule has 0 radical (unpaired) electrons. The first kappa shape index (κ1) is 16.3. The number of carbonyl (C=O) groups excluding carboxylic acids is 1. The SMILES string of the molecule is O=C(Cc1noc(Cc2ccc3c(c2)CCCC3)n1)NC1CCCC1. The van der Waals surface area contributed by atoms with Gasteiger partial charge in [-0.15, -0.1) is 0 Å². The molecular weight excluding hydrogens is 314 g/mol. The van der Waals surface area contributed by atoms with Gasteiger partial charge >= 0.3 is 0 Å². The molecule has 2 aromatic rings. The highest BCUT2D eigenvalue weighted by molar-refractivity contribution is 5.78. The maximum atomic E-state index is 12.1. The normalized spacial score (nSPS) is 17.4. The van der Waals surface area contributed by atoms with Crippen LogP contribution in [0.4, 0.5) is 0 Å². The molecule has 1 N–H and O–H groups in total. The number of aromatic nitrogens is 2. The summed E-state index contributed by atoms with van der Waals surface area (Å²) in [7, 11) is 0. The van der Waals surface area contributed by atoms with E-state index in [1.807, 2.05) is 0 Å². The summed E-state index contributed by atoms with van der Waals surface area (Å²) in [6, 6.07) is 6.98. The van der Waals surface area contributed by atoms with E-state index in [9.17, 15) is 4.79 Å². The number of hydrogen-bond donors (Lipinski definition) is 1. The highest BCUT2D eigenvalue weighted by Gasteiger charge is 2.19. The van der Waals surface area contributed by atoms with E-state index in [2.05, 4.69) is 33.7 Å². The molecule has 5 nitrogen and oxygen atoms in total. The Morgan fingerprint density at radius 3 is 2.76 bits per heavy atom. The van der Waals surface area contributed by atoms with Gasteiger partial charge in [0.25, 0.3) is 0 Å². The number of nitrogens with one attached hydrogen (secondary N) is 1. The zero-order valence-electron chi connectivity index (χ0n) is 14.6. The van der Waals surface area contributed by atoms with E-state index in [0.717, 1.165) is 12.8 Å². The number of fused-ring (bicyclic) bond motifs is 1. The molecule has 0 spiro atoms. The molecule has 132 valence electrons. The minimum atomic E-state index is -0.00645. The first-order valence-electron chi connectivity index (χ1n) is 9.48. The number of benzene rings is 1. The molecule has 1 aromatic carbocycles. The Hall–Kier alpha value is -2.17. The third kappa shape index (κ3) is 4.09. The Morgan fingerprint density at radius 1 is 1.12 bits per heavy atom. The Balaban J connectivity index is 1.35. The van der Waals surface area contributed by atoms with Crippen LogP contribution in [0.15, 0.2) is 22.7 Å². The average Bonchev–Trinajstić information content (AvgIpc) is 3.27. The molecule has 2 aliphatic rings. The van der Waals surface area contributed by atoms with Crippen LogP contribution in [0.5, 0.6) is 0 Å². The van der Waals surface area contributed by atoms with Gasteiger partial charge in [0, 0.05) is 6.04 Å². The summed E-state index contributed by atoms with van der Waals surface area (Å²) in [5.41, 5.74) is 4.13. The van der Waals surface area contributed by atoms with Gasteiger partial charge in [-0.3, -0.25) is 4.79 Å². The van der Waals surface area contributed by atoms with Crippen molar-refractivity contribution in [1.29, 1.82) is 0 Å². The van der Waals surface area contributed by atoms with Crippen LogP contribution < -0.4 is 5.32 Å². The quantitative estimate of drug-likeness (QED) is 0.909. The van der Waals surface area contributed by atoms with E-state index in [1.54, 1.807) is 0 Å². The van der Waals surface area contributed by atoms with Gasteiger partial charge in [-0.2, -0.15) is 4.98 Å². The molecular formula is C20H25N3O2. The molecule has 1 fully saturated rings. The molecule has 2 aliphatic carbocycles.